The van der Waals surface area contributed by atoms with Gasteiger partial charge < -0.3 is 19.0 Å². The van der Waals surface area contributed by atoms with Crippen LogP contribution >= 0.6 is 0 Å². The Morgan fingerprint density at radius 2 is 1.80 bits per heavy atom. The van der Waals surface area contributed by atoms with Gasteiger partial charge in [0.15, 0.2) is 0 Å². The molecular formula is C21H19N5O4. The summed E-state index contributed by atoms with van der Waals surface area (Å²) in [5.74, 6) is 1.14. The van der Waals surface area contributed by atoms with Gasteiger partial charge in [-0.05, 0) is 29.8 Å². The summed E-state index contributed by atoms with van der Waals surface area (Å²) in [6, 6.07) is 11.5. The predicted molar refractivity (Wildman–Crippen MR) is 111 cm³/mol. The Morgan fingerprint density at radius 1 is 1.00 bits per heavy atom. The topological polar surface area (TPSA) is 115 Å². The second-order valence-electron chi connectivity index (χ2n) is 6.56. The number of nitrogens with zero attached hydrogens (tertiary/aromatic N) is 3. The van der Waals surface area contributed by atoms with E-state index in [2.05, 4.69) is 20.2 Å². The van der Waals surface area contributed by atoms with E-state index < -0.39 is 11.2 Å². The molecule has 0 unspecified atom stereocenters. The molecule has 0 spiro atoms. The van der Waals surface area contributed by atoms with Crippen LogP contribution < -0.4 is 20.7 Å². The van der Waals surface area contributed by atoms with E-state index in [0.29, 0.717) is 23.7 Å². The van der Waals surface area contributed by atoms with Gasteiger partial charge in [-0.25, -0.2) is 4.79 Å². The molecular weight excluding hydrogens is 386 g/mol. The molecule has 152 valence electrons. The van der Waals surface area contributed by atoms with E-state index in [1.54, 1.807) is 13.2 Å². The van der Waals surface area contributed by atoms with Gasteiger partial charge in [0.1, 0.15) is 11.4 Å². The van der Waals surface area contributed by atoms with Crippen molar-refractivity contribution in [3.8, 4) is 34.0 Å². The number of aromatic amines is 2. The Hall–Kier alpha value is -4.14. The summed E-state index contributed by atoms with van der Waals surface area (Å²) in [7, 11) is 3.15. The Morgan fingerprint density at radius 3 is 2.50 bits per heavy atom. The zero-order valence-electron chi connectivity index (χ0n) is 16.4. The molecule has 0 aliphatic heterocycles. The third kappa shape index (κ3) is 3.86. The molecule has 0 radical (unpaired) electrons. The van der Waals surface area contributed by atoms with E-state index in [-0.39, 0.29) is 5.56 Å². The van der Waals surface area contributed by atoms with Crippen molar-refractivity contribution in [3.63, 3.8) is 0 Å². The van der Waals surface area contributed by atoms with Gasteiger partial charge >= 0.3 is 5.69 Å². The highest BCUT2D eigenvalue weighted by Crippen LogP contribution is 2.30. The second-order valence-corrected chi connectivity index (χ2v) is 6.56. The molecule has 1 aromatic carbocycles. The Bertz CT molecular complexity index is 1290. The lowest BCUT2D eigenvalue weighted by atomic mass is 10.1. The highest BCUT2D eigenvalue weighted by atomic mass is 16.5. The highest BCUT2D eigenvalue weighted by molar-refractivity contribution is 5.73. The van der Waals surface area contributed by atoms with Gasteiger partial charge in [0.2, 0.25) is 5.88 Å². The van der Waals surface area contributed by atoms with Gasteiger partial charge in [-0.2, -0.15) is 0 Å². The first-order valence-electron chi connectivity index (χ1n) is 9.10. The normalized spacial score (nSPS) is 10.7. The summed E-state index contributed by atoms with van der Waals surface area (Å²) in [5, 5.41) is 8.14. The van der Waals surface area contributed by atoms with Crippen LogP contribution in [0.4, 0.5) is 0 Å². The lowest BCUT2D eigenvalue weighted by molar-refractivity contribution is 0.394. The summed E-state index contributed by atoms with van der Waals surface area (Å²) < 4.78 is 12.6. The first-order valence-corrected chi connectivity index (χ1v) is 9.10. The molecule has 30 heavy (non-hydrogen) atoms. The number of hydrogen-bond acceptors (Lipinski definition) is 6. The van der Waals surface area contributed by atoms with Crippen LogP contribution in [0.5, 0.6) is 11.6 Å². The molecule has 0 aliphatic carbocycles. The predicted octanol–water partition coefficient (Wildman–Crippen LogP) is 2.05. The molecule has 0 atom stereocenters. The van der Waals surface area contributed by atoms with E-state index in [1.165, 1.54) is 13.3 Å². The summed E-state index contributed by atoms with van der Waals surface area (Å²) in [4.78, 5) is 28.0. The van der Waals surface area contributed by atoms with Crippen LogP contribution in [0.1, 0.15) is 5.56 Å². The van der Waals surface area contributed by atoms with Crippen molar-refractivity contribution in [2.45, 2.75) is 6.54 Å². The maximum atomic E-state index is 12.1. The van der Waals surface area contributed by atoms with Crippen LogP contribution in [0, 0.1) is 0 Å². The fourth-order valence-corrected chi connectivity index (χ4v) is 3.11. The maximum absolute atomic E-state index is 12.1. The maximum Gasteiger partial charge on any atom is 0.325 e. The molecule has 0 amide bonds. The van der Waals surface area contributed by atoms with E-state index in [9.17, 15) is 9.59 Å². The van der Waals surface area contributed by atoms with Crippen molar-refractivity contribution in [1.82, 2.24) is 24.7 Å². The standard InChI is InChI=1S/C21H19N5O4/c1-29-15-5-3-13(4-6-15)11-26-8-7-14(12-26)16-9-18(24-25-20(16)30-2)17-10-22-21(28)23-19(17)27/h3-10,12H,11H2,1-2H3,(H2,22,23,27,28). The monoisotopic (exact) mass is 405 g/mol. The molecule has 2 N–H and O–H groups in total. The quantitative estimate of drug-likeness (QED) is 0.507. The first-order chi connectivity index (χ1) is 14.6. The molecule has 0 fully saturated rings. The number of aromatic nitrogens is 5. The van der Waals surface area contributed by atoms with Crippen molar-refractivity contribution >= 4 is 0 Å². The largest absolute Gasteiger partial charge is 0.497 e. The third-order valence-corrected chi connectivity index (χ3v) is 4.63. The zero-order valence-corrected chi connectivity index (χ0v) is 16.4. The molecule has 3 aromatic heterocycles. The minimum absolute atomic E-state index is 0.212. The van der Waals surface area contributed by atoms with Crippen LogP contribution in [0.15, 0.2) is 64.6 Å². The smallest absolute Gasteiger partial charge is 0.325 e. The molecule has 4 rings (SSSR count). The number of H-pyrrole nitrogens is 2. The van der Waals surface area contributed by atoms with Crippen LogP contribution in [0.25, 0.3) is 22.4 Å². The summed E-state index contributed by atoms with van der Waals surface area (Å²) in [5.41, 5.74) is 2.08. The van der Waals surface area contributed by atoms with Crippen LogP contribution in [-0.4, -0.2) is 39.0 Å². The molecule has 9 heteroatoms. The van der Waals surface area contributed by atoms with E-state index >= 15 is 0 Å². The number of nitrogens with one attached hydrogen (secondary N) is 2. The number of rotatable bonds is 6. The fourth-order valence-electron chi connectivity index (χ4n) is 3.11. The highest BCUT2D eigenvalue weighted by Gasteiger charge is 2.14. The average Bonchev–Trinajstić information content (AvgIpc) is 3.22. The van der Waals surface area contributed by atoms with E-state index in [4.69, 9.17) is 9.47 Å². The summed E-state index contributed by atoms with van der Waals surface area (Å²) in [6.07, 6.45) is 5.23. The zero-order chi connectivity index (χ0) is 21.1. The van der Waals surface area contributed by atoms with Crippen LogP contribution in [0.3, 0.4) is 0 Å². The molecule has 0 aliphatic rings. The summed E-state index contributed by atoms with van der Waals surface area (Å²) in [6.45, 7) is 0.678. The minimum Gasteiger partial charge on any atom is -0.497 e. The van der Waals surface area contributed by atoms with Gasteiger partial charge in [0.05, 0.1) is 19.8 Å². The fraction of sp³-hybridized carbons (Fsp3) is 0.143. The lowest BCUT2D eigenvalue weighted by Gasteiger charge is -2.08. The molecule has 4 aromatic rings. The summed E-state index contributed by atoms with van der Waals surface area (Å²) >= 11 is 0. The van der Waals surface area contributed by atoms with E-state index in [0.717, 1.165) is 16.9 Å². The number of hydrogen-bond donors (Lipinski definition) is 2. The number of ether oxygens (including phenoxy) is 2. The average molecular weight is 405 g/mol. The Kier molecular flexibility index (Phi) is 5.17. The number of benzene rings is 1. The van der Waals surface area contributed by atoms with Crippen molar-refractivity contribution < 1.29 is 9.47 Å². The van der Waals surface area contributed by atoms with Crippen LogP contribution in [-0.2, 0) is 6.54 Å². The van der Waals surface area contributed by atoms with Crippen LogP contribution in [0.2, 0.25) is 0 Å². The lowest BCUT2D eigenvalue weighted by Crippen LogP contribution is -2.22. The Balaban J connectivity index is 1.67. The minimum atomic E-state index is -0.582. The molecule has 0 saturated heterocycles. The second kappa shape index (κ2) is 8.08. The third-order valence-electron chi connectivity index (χ3n) is 4.63. The van der Waals surface area contributed by atoms with Crippen molar-refractivity contribution in [1.29, 1.82) is 0 Å². The van der Waals surface area contributed by atoms with Gasteiger partial charge in [0.25, 0.3) is 5.56 Å². The van der Waals surface area contributed by atoms with Crippen molar-refractivity contribution in [3.05, 3.63) is 81.4 Å². The van der Waals surface area contributed by atoms with Gasteiger partial charge in [-0.1, -0.05) is 12.1 Å². The molecule has 0 bridgehead atoms. The SMILES string of the molecule is COc1ccc(Cn2ccc(-c3cc(-c4c[nH]c(=O)[nH]c4=O)nnc3OC)c2)cc1. The van der Waals surface area contributed by atoms with Crippen molar-refractivity contribution in [2.75, 3.05) is 14.2 Å². The molecule has 3 heterocycles. The Labute approximate surface area is 171 Å². The van der Waals surface area contributed by atoms with Gasteiger partial charge in [-0.15, -0.1) is 10.2 Å². The van der Waals surface area contributed by atoms with Crippen molar-refractivity contribution in [2.24, 2.45) is 0 Å². The molecule has 9 nitrogen and oxygen atoms in total. The molecule has 0 saturated carbocycles. The number of methoxy groups -OCH3 is 2. The van der Waals surface area contributed by atoms with E-state index in [1.807, 2.05) is 47.3 Å². The van der Waals surface area contributed by atoms with Gasteiger partial charge in [-0.3, -0.25) is 9.78 Å². The van der Waals surface area contributed by atoms with Gasteiger partial charge in [0, 0.05) is 36.3 Å². The first kappa shape index (κ1) is 19.2.